The first-order valence-corrected chi connectivity index (χ1v) is 17.1. The molecule has 1 aliphatic heterocycles. The zero-order valence-electron chi connectivity index (χ0n) is 27.8. The molecular weight excluding hydrogens is 664 g/mol. The molecule has 3 aromatic heterocycles. The highest BCUT2D eigenvalue weighted by Crippen LogP contribution is 2.35. The van der Waals surface area contributed by atoms with Crippen LogP contribution in [0.4, 0.5) is 30.6 Å². The molecule has 6 rings (SSSR count). The maximum atomic E-state index is 13.1. The van der Waals surface area contributed by atoms with Crippen molar-refractivity contribution in [3.8, 4) is 6.07 Å². The molecule has 1 saturated heterocycles. The average Bonchev–Trinajstić information content (AvgIpc) is 3.62. The van der Waals surface area contributed by atoms with Gasteiger partial charge in [0.1, 0.15) is 22.4 Å². The van der Waals surface area contributed by atoms with E-state index < -0.39 is 12.6 Å². The predicted octanol–water partition coefficient (Wildman–Crippen LogP) is 6.50. The number of allylic oxidation sites excluding steroid dienone is 1. The molecule has 1 amide bonds. The number of thiophene rings is 1. The number of hydrogen-bond donors (Lipinski definition) is 4. The lowest BCUT2D eigenvalue weighted by atomic mass is 10.0. The van der Waals surface area contributed by atoms with Crippen LogP contribution in [-0.2, 0) is 30.7 Å². The second kappa shape index (κ2) is 14.4. The molecule has 0 saturated carbocycles. The summed E-state index contributed by atoms with van der Waals surface area (Å²) in [4.78, 5) is 24.7. The maximum absolute atomic E-state index is 13.1. The Labute approximate surface area is 291 Å². The van der Waals surface area contributed by atoms with Gasteiger partial charge in [-0.1, -0.05) is 24.8 Å². The number of aryl methyl sites for hydroxylation is 1. The first-order chi connectivity index (χ1) is 23.9. The third-order valence-electron chi connectivity index (χ3n) is 8.93. The summed E-state index contributed by atoms with van der Waals surface area (Å²) in [7, 11) is 1.69. The molecular formula is C36H38F3N9OS. The number of benzene rings is 2. The number of nitrogens with zero attached hydrogens (tertiary/aromatic N) is 5. The van der Waals surface area contributed by atoms with Crippen LogP contribution < -0.4 is 21.7 Å². The number of likely N-dealkylation sites (tertiary alicyclic amines) is 1. The van der Waals surface area contributed by atoms with Crippen molar-refractivity contribution in [2.45, 2.75) is 57.9 Å². The Morgan fingerprint density at radius 2 is 1.92 bits per heavy atom. The van der Waals surface area contributed by atoms with Crippen LogP contribution in [0.5, 0.6) is 0 Å². The SMILES string of the molecule is C=C(Cn1c(C#N)cc2c(C)c(CN3CCC(Nc4nc(NC)nc5sc(CC(F)(F)F)cc45)CC3)ccc21)NC(=O)Cc1cccc(N)c1. The lowest BCUT2D eigenvalue weighted by molar-refractivity contribution is -0.126. The van der Waals surface area contributed by atoms with Gasteiger partial charge in [0, 0.05) is 59.9 Å². The van der Waals surface area contributed by atoms with E-state index in [0.717, 1.165) is 71.4 Å². The molecule has 50 heavy (non-hydrogen) atoms. The minimum atomic E-state index is -4.29. The van der Waals surface area contributed by atoms with Crippen molar-refractivity contribution in [3.63, 3.8) is 0 Å². The smallest absolute Gasteiger partial charge is 0.393 e. The zero-order valence-corrected chi connectivity index (χ0v) is 28.6. The van der Waals surface area contributed by atoms with Gasteiger partial charge in [0.25, 0.3) is 0 Å². The number of nitrogen functional groups attached to an aromatic ring is 1. The molecule has 14 heteroatoms. The zero-order chi connectivity index (χ0) is 35.6. The van der Waals surface area contributed by atoms with Crippen molar-refractivity contribution >= 4 is 55.8 Å². The van der Waals surface area contributed by atoms with Gasteiger partial charge in [-0.3, -0.25) is 9.69 Å². The summed E-state index contributed by atoms with van der Waals surface area (Å²) >= 11 is 1.04. The molecule has 2 aromatic carbocycles. The first kappa shape index (κ1) is 34.7. The van der Waals surface area contributed by atoms with Gasteiger partial charge in [0.2, 0.25) is 11.9 Å². The largest absolute Gasteiger partial charge is 0.399 e. The molecule has 0 unspecified atom stereocenters. The molecule has 0 radical (unpaired) electrons. The minimum Gasteiger partial charge on any atom is -0.399 e. The Kier molecular flexibility index (Phi) is 9.99. The van der Waals surface area contributed by atoms with E-state index in [1.54, 1.807) is 31.3 Å². The number of nitrogens with one attached hydrogen (secondary N) is 3. The van der Waals surface area contributed by atoms with Gasteiger partial charge in [0.15, 0.2) is 0 Å². The van der Waals surface area contributed by atoms with Crippen molar-refractivity contribution in [1.82, 2.24) is 24.8 Å². The second-order valence-corrected chi connectivity index (χ2v) is 13.8. The van der Waals surface area contributed by atoms with Crippen molar-refractivity contribution in [2.24, 2.45) is 0 Å². The van der Waals surface area contributed by atoms with E-state index in [4.69, 9.17) is 5.73 Å². The van der Waals surface area contributed by atoms with Crippen LogP contribution in [0.2, 0.25) is 0 Å². The number of fused-ring (bicyclic) bond motifs is 2. The molecule has 0 bridgehead atoms. The Bertz CT molecular complexity index is 2110. The fourth-order valence-corrected chi connectivity index (χ4v) is 7.52. The van der Waals surface area contributed by atoms with Crippen LogP contribution in [0.3, 0.4) is 0 Å². The number of halogens is 3. The second-order valence-electron chi connectivity index (χ2n) is 12.6. The Hall–Kier alpha value is -5.13. The highest BCUT2D eigenvalue weighted by Gasteiger charge is 2.30. The molecule has 0 spiro atoms. The molecule has 260 valence electrons. The molecule has 1 fully saturated rings. The lowest BCUT2D eigenvalue weighted by Crippen LogP contribution is -2.39. The normalized spacial score (nSPS) is 14.2. The van der Waals surface area contributed by atoms with Crippen LogP contribution in [0.25, 0.3) is 21.1 Å². The van der Waals surface area contributed by atoms with Gasteiger partial charge in [-0.05, 0) is 66.8 Å². The number of nitriles is 1. The molecule has 1 aliphatic rings. The number of carbonyl (C=O) groups is 1. The van der Waals surface area contributed by atoms with E-state index in [9.17, 15) is 23.2 Å². The number of alkyl halides is 3. The highest BCUT2D eigenvalue weighted by molar-refractivity contribution is 7.18. The number of nitrogens with two attached hydrogens (primary N) is 1. The molecule has 5 N–H and O–H groups in total. The topological polar surface area (TPSA) is 137 Å². The van der Waals surface area contributed by atoms with E-state index in [-0.39, 0.29) is 29.8 Å². The van der Waals surface area contributed by atoms with Crippen molar-refractivity contribution in [3.05, 3.63) is 88.1 Å². The van der Waals surface area contributed by atoms with Crippen LogP contribution >= 0.6 is 11.3 Å². The van der Waals surface area contributed by atoms with Gasteiger partial charge >= 0.3 is 6.18 Å². The Morgan fingerprint density at radius 1 is 1.14 bits per heavy atom. The number of rotatable bonds is 11. The molecule has 0 atom stereocenters. The van der Waals surface area contributed by atoms with Gasteiger partial charge < -0.3 is 26.3 Å². The lowest BCUT2D eigenvalue weighted by Gasteiger charge is -2.33. The van der Waals surface area contributed by atoms with Gasteiger partial charge in [-0.25, -0.2) is 4.98 Å². The first-order valence-electron chi connectivity index (χ1n) is 16.3. The number of piperidine rings is 1. The molecule has 5 aromatic rings. The summed E-state index contributed by atoms with van der Waals surface area (Å²) in [6.45, 7) is 8.76. The minimum absolute atomic E-state index is 0.107. The number of anilines is 3. The van der Waals surface area contributed by atoms with E-state index >= 15 is 0 Å². The van der Waals surface area contributed by atoms with Crippen molar-refractivity contribution in [1.29, 1.82) is 5.26 Å². The van der Waals surface area contributed by atoms with E-state index in [1.165, 1.54) is 0 Å². The quantitative estimate of drug-likeness (QED) is 0.115. The van der Waals surface area contributed by atoms with E-state index in [1.807, 2.05) is 22.8 Å². The van der Waals surface area contributed by atoms with E-state index in [0.29, 0.717) is 39.1 Å². The van der Waals surface area contributed by atoms with Crippen LogP contribution in [0.1, 0.15) is 40.1 Å². The average molecular weight is 702 g/mol. The summed E-state index contributed by atoms with van der Waals surface area (Å²) in [5, 5.41) is 20.8. The Morgan fingerprint density at radius 3 is 2.62 bits per heavy atom. The summed E-state index contributed by atoms with van der Waals surface area (Å²) in [5.74, 6) is 0.702. The van der Waals surface area contributed by atoms with Gasteiger partial charge in [-0.2, -0.15) is 23.4 Å². The van der Waals surface area contributed by atoms with Crippen LogP contribution in [0.15, 0.2) is 60.8 Å². The summed E-state index contributed by atoms with van der Waals surface area (Å²) in [5.41, 5.74) is 11.3. The molecule has 0 aliphatic carbocycles. The van der Waals surface area contributed by atoms with E-state index in [2.05, 4.69) is 56.5 Å². The van der Waals surface area contributed by atoms with Gasteiger partial charge in [0.05, 0.1) is 24.8 Å². The van der Waals surface area contributed by atoms with Gasteiger partial charge in [-0.15, -0.1) is 11.3 Å². The molecule has 4 heterocycles. The van der Waals surface area contributed by atoms with Crippen LogP contribution in [-0.4, -0.2) is 57.7 Å². The standard InChI is InChI=1S/C36H38F3N9OS/c1-21(43-32(49)14-23-5-4-6-25(41)13-23)19-48-27(18-40)15-29-22(2)24(7-8-31(29)48)20-47-11-9-26(10-12-47)44-33-30-16-28(17-36(37,38)39)50-34(30)46-35(42-3)45-33/h4-8,13,15-16,26H,1,9-12,14,17,19-20,41H2,2-3H3,(H,43,49)(H2,42,44,45,46). The van der Waals surface area contributed by atoms with Crippen LogP contribution in [0, 0.1) is 18.3 Å². The molecule has 10 nitrogen and oxygen atoms in total. The number of aromatic nitrogens is 3. The monoisotopic (exact) mass is 701 g/mol. The number of carbonyl (C=O) groups excluding carboxylic acids is 1. The third-order valence-corrected chi connectivity index (χ3v) is 9.96. The number of amides is 1. The summed E-state index contributed by atoms with van der Waals surface area (Å²) < 4.78 is 41.1. The fourth-order valence-electron chi connectivity index (χ4n) is 6.46. The fraction of sp³-hybridized carbons (Fsp3) is 0.333. The Balaban J connectivity index is 1.09. The predicted molar refractivity (Wildman–Crippen MR) is 192 cm³/mol. The third kappa shape index (κ3) is 8.01. The summed E-state index contributed by atoms with van der Waals surface area (Å²) in [6.07, 6.45) is -3.45. The summed E-state index contributed by atoms with van der Waals surface area (Å²) in [6, 6.07) is 17.1. The van der Waals surface area contributed by atoms with Crippen molar-refractivity contribution in [2.75, 3.05) is 36.5 Å². The van der Waals surface area contributed by atoms with Crippen molar-refractivity contribution < 1.29 is 18.0 Å². The highest BCUT2D eigenvalue weighted by atomic mass is 32.1. The maximum Gasteiger partial charge on any atom is 0.393 e. The number of hydrogen-bond acceptors (Lipinski definition) is 9.